The van der Waals surface area contributed by atoms with Crippen LogP contribution in [-0.4, -0.2) is 23.8 Å². The summed E-state index contributed by atoms with van der Waals surface area (Å²) in [5.74, 6) is -0.692. The number of carbonyl (C=O) groups is 2. The van der Waals surface area contributed by atoms with Crippen LogP contribution < -0.4 is 15.6 Å². The van der Waals surface area contributed by atoms with Gasteiger partial charge in [-0.2, -0.15) is 0 Å². The molecule has 2 amide bonds. The molecule has 3 aromatic carbocycles. The molecule has 0 aliphatic rings. The molecule has 0 radical (unpaired) electrons. The molecule has 0 saturated carbocycles. The van der Waals surface area contributed by atoms with Crippen LogP contribution in [-0.2, 0) is 4.79 Å². The van der Waals surface area contributed by atoms with E-state index in [0.29, 0.717) is 0 Å². The van der Waals surface area contributed by atoms with E-state index in [1.54, 1.807) is 14.0 Å². The van der Waals surface area contributed by atoms with E-state index in [1.807, 2.05) is 36.4 Å². The lowest BCUT2D eigenvalue weighted by Gasteiger charge is -2.14. The summed E-state index contributed by atoms with van der Waals surface area (Å²) < 4.78 is 5.21. The van der Waals surface area contributed by atoms with Crippen LogP contribution in [0.1, 0.15) is 28.8 Å². The van der Waals surface area contributed by atoms with Crippen LogP contribution in [0.2, 0.25) is 0 Å². The van der Waals surface area contributed by atoms with E-state index in [4.69, 9.17) is 4.74 Å². The lowest BCUT2D eigenvalue weighted by Crippen LogP contribution is -2.43. The van der Waals surface area contributed by atoms with Gasteiger partial charge in [-0.1, -0.05) is 24.3 Å². The number of ether oxygens (including phenoxy) is 1. The second-order valence-corrected chi connectivity index (χ2v) is 6.44. The summed E-state index contributed by atoms with van der Waals surface area (Å²) in [6.45, 7) is 1.73. The van der Waals surface area contributed by atoms with Gasteiger partial charge in [-0.15, -0.1) is 0 Å². The molecule has 0 aliphatic carbocycles. The molecule has 0 saturated heterocycles. The Bertz CT molecular complexity index is 1080. The predicted molar refractivity (Wildman–Crippen MR) is 108 cm³/mol. The number of fused-ring (bicyclic) bond motifs is 1. The third-order valence-corrected chi connectivity index (χ3v) is 4.60. The van der Waals surface area contributed by atoms with E-state index in [9.17, 15) is 19.7 Å². The highest BCUT2D eigenvalue weighted by Gasteiger charge is 2.17. The zero-order valence-corrected chi connectivity index (χ0v) is 15.8. The third-order valence-electron chi connectivity index (χ3n) is 4.60. The number of nitro benzene ring substituents is 1. The number of nitro groups is 1. The van der Waals surface area contributed by atoms with Crippen molar-refractivity contribution in [1.29, 1.82) is 0 Å². The Morgan fingerprint density at radius 2 is 1.62 bits per heavy atom. The van der Waals surface area contributed by atoms with Crippen molar-refractivity contribution in [2.24, 2.45) is 0 Å². The summed E-state index contributed by atoms with van der Waals surface area (Å²) in [6, 6.07) is 16.4. The van der Waals surface area contributed by atoms with Gasteiger partial charge in [-0.3, -0.25) is 30.6 Å². The summed E-state index contributed by atoms with van der Waals surface area (Å²) in [5, 5.41) is 12.6. The number of benzene rings is 3. The first-order chi connectivity index (χ1) is 13.9. The van der Waals surface area contributed by atoms with Crippen LogP contribution >= 0.6 is 0 Å². The smallest absolute Gasteiger partial charge is 0.269 e. The minimum Gasteiger partial charge on any atom is -0.497 e. The fourth-order valence-corrected chi connectivity index (χ4v) is 2.82. The maximum Gasteiger partial charge on any atom is 0.269 e. The number of methoxy groups -OCH3 is 1. The Morgan fingerprint density at radius 1 is 0.966 bits per heavy atom. The first kappa shape index (κ1) is 19.8. The fourth-order valence-electron chi connectivity index (χ4n) is 2.82. The van der Waals surface area contributed by atoms with Gasteiger partial charge in [-0.05, 0) is 47.5 Å². The number of hydrogen-bond donors (Lipinski definition) is 2. The lowest BCUT2D eigenvalue weighted by molar-refractivity contribution is -0.384. The molecule has 1 atom stereocenters. The average molecular weight is 393 g/mol. The van der Waals surface area contributed by atoms with Gasteiger partial charge in [0.1, 0.15) is 5.75 Å². The summed E-state index contributed by atoms with van der Waals surface area (Å²) in [4.78, 5) is 34.7. The number of amides is 2. The Balaban J connectivity index is 1.64. The summed E-state index contributed by atoms with van der Waals surface area (Å²) >= 11 is 0. The van der Waals surface area contributed by atoms with Crippen molar-refractivity contribution in [3.63, 3.8) is 0 Å². The number of nitrogens with one attached hydrogen (secondary N) is 2. The molecule has 0 aromatic heterocycles. The van der Waals surface area contributed by atoms with Crippen molar-refractivity contribution in [3.05, 3.63) is 81.9 Å². The van der Waals surface area contributed by atoms with E-state index in [2.05, 4.69) is 10.9 Å². The quantitative estimate of drug-likeness (QED) is 0.510. The maximum atomic E-state index is 12.4. The zero-order valence-electron chi connectivity index (χ0n) is 15.8. The molecular formula is C21H19N3O5. The third kappa shape index (κ3) is 4.49. The number of carbonyl (C=O) groups excluding carboxylic acids is 2. The van der Waals surface area contributed by atoms with E-state index in [0.717, 1.165) is 22.1 Å². The van der Waals surface area contributed by atoms with Gasteiger partial charge in [0.25, 0.3) is 11.6 Å². The number of rotatable bonds is 5. The van der Waals surface area contributed by atoms with E-state index in [1.165, 1.54) is 24.3 Å². The maximum absolute atomic E-state index is 12.4. The highest BCUT2D eigenvalue weighted by atomic mass is 16.6. The van der Waals surface area contributed by atoms with Crippen molar-refractivity contribution in [3.8, 4) is 5.75 Å². The van der Waals surface area contributed by atoms with Crippen molar-refractivity contribution in [1.82, 2.24) is 10.9 Å². The standard InChI is InChI=1S/C21H19N3O5/c1-13(15-3-4-17-12-19(29-2)10-7-16(17)11-15)20(25)22-23-21(26)14-5-8-18(9-6-14)24(27)28/h3-13H,1-2H3,(H,22,25)(H,23,26)/t13-/m0/s1. The average Bonchev–Trinajstić information content (AvgIpc) is 2.75. The second kappa shape index (κ2) is 8.39. The number of hydrazine groups is 1. The monoisotopic (exact) mass is 393 g/mol. The molecule has 3 aromatic rings. The highest BCUT2D eigenvalue weighted by molar-refractivity contribution is 5.96. The van der Waals surface area contributed by atoms with Gasteiger partial charge in [0, 0.05) is 17.7 Å². The highest BCUT2D eigenvalue weighted by Crippen LogP contribution is 2.25. The van der Waals surface area contributed by atoms with Crippen LogP contribution in [0, 0.1) is 10.1 Å². The number of hydrogen-bond acceptors (Lipinski definition) is 5. The van der Waals surface area contributed by atoms with Gasteiger partial charge in [0.05, 0.1) is 18.0 Å². The van der Waals surface area contributed by atoms with Crippen LogP contribution in [0.5, 0.6) is 5.75 Å². The van der Waals surface area contributed by atoms with Gasteiger partial charge < -0.3 is 4.74 Å². The van der Waals surface area contributed by atoms with Crippen LogP contribution in [0.15, 0.2) is 60.7 Å². The lowest BCUT2D eigenvalue weighted by atomic mass is 9.97. The molecule has 0 fully saturated rings. The van der Waals surface area contributed by atoms with Crippen LogP contribution in [0.3, 0.4) is 0 Å². The molecule has 3 rings (SSSR count). The second-order valence-electron chi connectivity index (χ2n) is 6.44. The SMILES string of the molecule is COc1ccc2cc([C@H](C)C(=O)NNC(=O)c3ccc([N+](=O)[O-])cc3)ccc2c1. The molecule has 0 bridgehead atoms. The zero-order chi connectivity index (χ0) is 21.0. The molecule has 2 N–H and O–H groups in total. The Labute approximate surface area is 166 Å². The Kier molecular flexibility index (Phi) is 5.73. The molecule has 29 heavy (non-hydrogen) atoms. The minimum atomic E-state index is -0.564. The van der Waals surface area contributed by atoms with E-state index < -0.39 is 16.7 Å². The molecule has 0 aliphatic heterocycles. The fraction of sp³-hybridized carbons (Fsp3) is 0.143. The van der Waals surface area contributed by atoms with Crippen molar-refractivity contribution in [2.75, 3.05) is 7.11 Å². The summed E-state index contributed by atoms with van der Waals surface area (Å²) in [7, 11) is 1.60. The normalized spacial score (nSPS) is 11.5. The van der Waals surface area contributed by atoms with Gasteiger partial charge >= 0.3 is 0 Å². The van der Waals surface area contributed by atoms with E-state index >= 15 is 0 Å². The molecular weight excluding hydrogens is 374 g/mol. The first-order valence-corrected chi connectivity index (χ1v) is 8.81. The predicted octanol–water partition coefficient (Wildman–Crippen LogP) is 3.32. The topological polar surface area (TPSA) is 111 Å². The molecule has 0 heterocycles. The first-order valence-electron chi connectivity index (χ1n) is 8.81. The summed E-state index contributed by atoms with van der Waals surface area (Å²) in [6.07, 6.45) is 0. The molecule has 8 nitrogen and oxygen atoms in total. The van der Waals surface area contributed by atoms with Crippen molar-refractivity contribution >= 4 is 28.3 Å². The van der Waals surface area contributed by atoms with Gasteiger partial charge in [0.2, 0.25) is 5.91 Å². The molecule has 0 spiro atoms. The van der Waals surface area contributed by atoms with Crippen LogP contribution in [0.4, 0.5) is 5.69 Å². The van der Waals surface area contributed by atoms with Crippen LogP contribution in [0.25, 0.3) is 10.8 Å². The van der Waals surface area contributed by atoms with E-state index in [-0.39, 0.29) is 17.2 Å². The largest absolute Gasteiger partial charge is 0.497 e. The summed E-state index contributed by atoms with van der Waals surface area (Å²) in [5.41, 5.74) is 5.59. The minimum absolute atomic E-state index is 0.117. The van der Waals surface area contributed by atoms with Crippen molar-refractivity contribution in [2.45, 2.75) is 12.8 Å². The Morgan fingerprint density at radius 3 is 2.28 bits per heavy atom. The Hall–Kier alpha value is -3.94. The molecule has 8 heteroatoms. The van der Waals surface area contributed by atoms with Gasteiger partial charge in [0.15, 0.2) is 0 Å². The molecule has 148 valence electrons. The number of nitrogens with zero attached hydrogens (tertiary/aromatic N) is 1. The number of non-ortho nitro benzene ring substituents is 1. The van der Waals surface area contributed by atoms with Crippen molar-refractivity contribution < 1.29 is 19.2 Å². The molecule has 0 unspecified atom stereocenters. The van der Waals surface area contributed by atoms with Gasteiger partial charge in [-0.25, -0.2) is 0 Å².